The van der Waals surface area contributed by atoms with Crippen molar-refractivity contribution in [1.82, 2.24) is 15.1 Å². The Kier molecular flexibility index (Phi) is 6.55. The summed E-state index contributed by atoms with van der Waals surface area (Å²) in [6, 6.07) is 10.3. The summed E-state index contributed by atoms with van der Waals surface area (Å²) in [4.78, 5) is 16.9. The van der Waals surface area contributed by atoms with Crippen LogP contribution >= 0.6 is 0 Å². The summed E-state index contributed by atoms with van der Waals surface area (Å²) in [6.45, 7) is 9.90. The topological polar surface area (TPSA) is 58.0 Å². The summed E-state index contributed by atoms with van der Waals surface area (Å²) >= 11 is 0. The second kappa shape index (κ2) is 9.49. The Balaban J connectivity index is 1.45. The minimum Gasteiger partial charge on any atom is -0.492 e. The fraction of sp³-hybridized carbons (Fsp3) is 0.458. The average Bonchev–Trinajstić information content (AvgIpc) is 3.14. The van der Waals surface area contributed by atoms with E-state index in [0.717, 1.165) is 57.2 Å². The van der Waals surface area contributed by atoms with E-state index in [9.17, 15) is 4.79 Å². The van der Waals surface area contributed by atoms with Crippen LogP contribution in [0, 0.1) is 0 Å². The second-order valence-corrected chi connectivity index (χ2v) is 8.19. The van der Waals surface area contributed by atoms with Gasteiger partial charge in [0.15, 0.2) is 0 Å². The number of carbonyl (C=O) groups excluding carboxylic acids is 1. The lowest BCUT2D eigenvalue weighted by molar-refractivity contribution is -0.129. The van der Waals surface area contributed by atoms with Gasteiger partial charge in [-0.05, 0) is 49.2 Å². The van der Waals surface area contributed by atoms with Gasteiger partial charge in [-0.2, -0.15) is 0 Å². The number of amides is 1. The number of furan rings is 1. The first kappa shape index (κ1) is 20.7. The van der Waals surface area contributed by atoms with E-state index in [0.29, 0.717) is 6.61 Å². The molecule has 1 atom stereocenters. The van der Waals surface area contributed by atoms with Gasteiger partial charge >= 0.3 is 0 Å². The number of hydrogen-bond acceptors (Lipinski definition) is 5. The predicted octanol–water partition coefficient (Wildman–Crippen LogP) is 3.29. The van der Waals surface area contributed by atoms with Crippen LogP contribution in [0.25, 0.3) is 6.08 Å². The summed E-state index contributed by atoms with van der Waals surface area (Å²) in [5.74, 6) is 2.00. The fourth-order valence-electron chi connectivity index (χ4n) is 4.38. The molecule has 1 aromatic heterocycles. The quantitative estimate of drug-likeness (QED) is 0.793. The molecule has 1 amide bonds. The Bertz CT molecular complexity index is 891. The molecule has 6 heteroatoms. The minimum absolute atomic E-state index is 0.0419. The van der Waals surface area contributed by atoms with Gasteiger partial charge in [-0.25, -0.2) is 0 Å². The van der Waals surface area contributed by atoms with Crippen molar-refractivity contribution in [2.75, 3.05) is 32.8 Å². The van der Waals surface area contributed by atoms with Crippen molar-refractivity contribution >= 4 is 12.0 Å². The van der Waals surface area contributed by atoms with Gasteiger partial charge in [0.25, 0.3) is 0 Å². The van der Waals surface area contributed by atoms with Crippen LogP contribution < -0.4 is 10.1 Å². The van der Waals surface area contributed by atoms with Gasteiger partial charge in [-0.3, -0.25) is 14.6 Å². The number of benzene rings is 1. The summed E-state index contributed by atoms with van der Waals surface area (Å²) < 4.78 is 11.4. The van der Waals surface area contributed by atoms with Crippen molar-refractivity contribution in [2.24, 2.45) is 0 Å². The number of fused-ring (bicyclic) bond motifs is 1. The normalized spacial score (nSPS) is 20.9. The van der Waals surface area contributed by atoms with Crippen LogP contribution in [0.2, 0.25) is 0 Å². The molecule has 0 aliphatic carbocycles. The largest absolute Gasteiger partial charge is 0.492 e. The zero-order valence-corrected chi connectivity index (χ0v) is 17.9. The summed E-state index contributed by atoms with van der Waals surface area (Å²) in [6.07, 6.45) is 4.62. The van der Waals surface area contributed by atoms with Crippen molar-refractivity contribution in [1.29, 1.82) is 0 Å². The first-order valence-corrected chi connectivity index (χ1v) is 10.8. The molecule has 0 radical (unpaired) electrons. The summed E-state index contributed by atoms with van der Waals surface area (Å²) in [5, 5.41) is 2.98. The molecule has 160 valence electrons. The van der Waals surface area contributed by atoms with E-state index in [-0.39, 0.29) is 11.9 Å². The number of hydrogen-bond donors (Lipinski definition) is 1. The number of ether oxygens (including phenoxy) is 1. The zero-order valence-electron chi connectivity index (χ0n) is 17.9. The lowest BCUT2D eigenvalue weighted by atomic mass is 10.1. The fourth-order valence-corrected chi connectivity index (χ4v) is 4.38. The van der Waals surface area contributed by atoms with Gasteiger partial charge < -0.3 is 14.5 Å². The highest BCUT2D eigenvalue weighted by Crippen LogP contribution is 2.26. The summed E-state index contributed by atoms with van der Waals surface area (Å²) in [5.41, 5.74) is 3.70. The highest BCUT2D eigenvalue weighted by Gasteiger charge is 2.28. The Morgan fingerprint density at radius 3 is 3.00 bits per heavy atom. The number of rotatable bonds is 6. The number of nitrogens with one attached hydrogen (secondary N) is 1. The third kappa shape index (κ3) is 4.94. The van der Waals surface area contributed by atoms with Crippen LogP contribution in [0.3, 0.4) is 0 Å². The Morgan fingerprint density at radius 2 is 2.20 bits per heavy atom. The van der Waals surface area contributed by atoms with E-state index in [1.165, 1.54) is 16.7 Å². The molecule has 30 heavy (non-hydrogen) atoms. The molecule has 4 rings (SSSR count). The molecule has 2 aliphatic heterocycles. The lowest BCUT2D eigenvalue weighted by Crippen LogP contribution is -2.54. The first-order valence-electron chi connectivity index (χ1n) is 10.8. The van der Waals surface area contributed by atoms with Crippen LogP contribution in [0.5, 0.6) is 5.75 Å². The van der Waals surface area contributed by atoms with Crippen molar-refractivity contribution in [2.45, 2.75) is 39.4 Å². The monoisotopic (exact) mass is 409 g/mol. The van der Waals surface area contributed by atoms with E-state index in [2.05, 4.69) is 53.2 Å². The molecule has 2 aromatic rings. The van der Waals surface area contributed by atoms with Crippen LogP contribution in [0.4, 0.5) is 0 Å². The van der Waals surface area contributed by atoms with E-state index in [1.807, 2.05) is 12.1 Å². The maximum atomic E-state index is 12.2. The zero-order chi connectivity index (χ0) is 20.9. The van der Waals surface area contributed by atoms with Crippen LogP contribution in [-0.4, -0.2) is 54.5 Å². The first-order chi connectivity index (χ1) is 14.6. The van der Waals surface area contributed by atoms with Gasteiger partial charge in [0, 0.05) is 44.8 Å². The smallest absolute Gasteiger partial charge is 0.237 e. The van der Waals surface area contributed by atoms with E-state index >= 15 is 0 Å². The molecule has 3 heterocycles. The van der Waals surface area contributed by atoms with Gasteiger partial charge in [0.05, 0.1) is 12.3 Å². The van der Waals surface area contributed by atoms with Crippen LogP contribution in [-0.2, 0) is 17.9 Å². The third-order valence-electron chi connectivity index (χ3n) is 5.80. The van der Waals surface area contributed by atoms with Crippen molar-refractivity contribution in [3.8, 4) is 5.75 Å². The average molecular weight is 410 g/mol. The molecule has 1 aromatic carbocycles. The maximum absolute atomic E-state index is 12.2. The van der Waals surface area contributed by atoms with Gasteiger partial charge in [-0.1, -0.05) is 18.6 Å². The van der Waals surface area contributed by atoms with Gasteiger partial charge in [0.2, 0.25) is 5.91 Å². The molecule has 0 saturated carbocycles. The lowest BCUT2D eigenvalue weighted by Gasteiger charge is -2.34. The molecule has 1 unspecified atom stereocenters. The molecule has 0 bridgehead atoms. The standard InChI is InChI=1S/C24H31N3O3/c1-3-22-24(28)25-8-9-27(22)16-19-6-7-23-20(14-19)17-26(10-12-30-23)15-18(2)13-21-5-4-11-29-21/h4-7,11,13-14,22H,3,8-10,12,15-17H2,1-2H3,(H,25,28)/b18-13+. The van der Waals surface area contributed by atoms with E-state index in [1.54, 1.807) is 6.26 Å². The molecule has 1 saturated heterocycles. The number of nitrogens with zero attached hydrogens (tertiary/aromatic N) is 2. The minimum atomic E-state index is -0.0419. The van der Waals surface area contributed by atoms with Crippen molar-refractivity contribution in [3.05, 3.63) is 59.1 Å². The number of carbonyl (C=O) groups is 1. The van der Waals surface area contributed by atoms with Crippen molar-refractivity contribution < 1.29 is 13.9 Å². The van der Waals surface area contributed by atoms with Crippen LogP contribution in [0.1, 0.15) is 37.2 Å². The molecule has 1 fully saturated rings. The van der Waals surface area contributed by atoms with Crippen LogP contribution in [0.15, 0.2) is 46.6 Å². The summed E-state index contributed by atoms with van der Waals surface area (Å²) in [7, 11) is 0. The number of piperazine rings is 1. The molecule has 6 nitrogen and oxygen atoms in total. The SMILES string of the molecule is CCC1C(=O)NCCN1Cc1ccc2c(c1)CN(C/C(C)=C/c1ccco1)CCO2. The Labute approximate surface area is 178 Å². The second-order valence-electron chi connectivity index (χ2n) is 8.19. The van der Waals surface area contributed by atoms with Gasteiger partial charge in [0.1, 0.15) is 18.1 Å². The molecular weight excluding hydrogens is 378 g/mol. The van der Waals surface area contributed by atoms with E-state index < -0.39 is 0 Å². The van der Waals surface area contributed by atoms with Gasteiger partial charge in [-0.15, -0.1) is 0 Å². The van der Waals surface area contributed by atoms with E-state index in [4.69, 9.17) is 9.15 Å². The third-order valence-corrected chi connectivity index (χ3v) is 5.80. The molecular formula is C24H31N3O3. The van der Waals surface area contributed by atoms with Crippen molar-refractivity contribution in [3.63, 3.8) is 0 Å². The highest BCUT2D eigenvalue weighted by atomic mass is 16.5. The Morgan fingerprint density at radius 1 is 1.30 bits per heavy atom. The maximum Gasteiger partial charge on any atom is 0.237 e. The Hall–Kier alpha value is -2.57. The molecule has 2 aliphatic rings. The predicted molar refractivity (Wildman–Crippen MR) is 117 cm³/mol. The molecule has 1 N–H and O–H groups in total. The molecule has 0 spiro atoms. The highest BCUT2D eigenvalue weighted by molar-refractivity contribution is 5.82.